The Morgan fingerprint density at radius 3 is 1.94 bits per heavy atom. The van der Waals surface area contributed by atoms with Crippen molar-refractivity contribution in [3.05, 3.63) is 0 Å². The zero-order valence-electron chi connectivity index (χ0n) is 11.3. The van der Waals surface area contributed by atoms with Gasteiger partial charge in [0.05, 0.1) is 11.8 Å². The minimum Gasteiger partial charge on any atom is -0.481 e. The van der Waals surface area contributed by atoms with Crippen LogP contribution in [0.1, 0.15) is 46.0 Å². The van der Waals surface area contributed by atoms with Crippen molar-refractivity contribution in [2.24, 2.45) is 17.3 Å². The summed E-state index contributed by atoms with van der Waals surface area (Å²) in [5, 5.41) is 9.14. The molecule has 18 heavy (non-hydrogen) atoms. The van der Waals surface area contributed by atoms with E-state index in [9.17, 15) is 9.59 Å². The van der Waals surface area contributed by atoms with E-state index < -0.39 is 11.9 Å². The maximum Gasteiger partial charge on any atom is 0.307 e. The number of carbonyl (C=O) groups excluding carboxylic acids is 1. The normalized spacial score (nSPS) is 31.3. The number of carboxylic acid groups (broad SMARTS) is 1. The Hall–Kier alpha value is -1.06. The van der Waals surface area contributed by atoms with Crippen molar-refractivity contribution in [2.75, 3.05) is 13.1 Å². The predicted octanol–water partition coefficient (Wildman–Crippen LogP) is 2.14. The molecule has 1 aliphatic heterocycles. The fourth-order valence-corrected chi connectivity index (χ4v) is 3.22. The van der Waals surface area contributed by atoms with Gasteiger partial charge in [-0.3, -0.25) is 9.59 Å². The molecule has 0 aromatic carbocycles. The average Bonchev–Trinajstić information content (AvgIpc) is 2.80. The Balaban J connectivity index is 2.00. The number of hydrogen-bond donors (Lipinski definition) is 1. The third-order valence-electron chi connectivity index (χ3n) is 4.53. The maximum absolute atomic E-state index is 12.4. The highest BCUT2D eigenvalue weighted by atomic mass is 16.4. The van der Waals surface area contributed by atoms with Crippen LogP contribution in [0.15, 0.2) is 0 Å². The van der Waals surface area contributed by atoms with E-state index >= 15 is 0 Å². The molecular weight excluding hydrogens is 230 g/mol. The van der Waals surface area contributed by atoms with Gasteiger partial charge in [-0.05, 0) is 18.3 Å². The van der Waals surface area contributed by atoms with Crippen LogP contribution >= 0.6 is 0 Å². The van der Waals surface area contributed by atoms with E-state index in [0.717, 1.165) is 25.9 Å². The van der Waals surface area contributed by atoms with Crippen LogP contribution in [0.3, 0.4) is 0 Å². The topological polar surface area (TPSA) is 57.6 Å². The van der Waals surface area contributed by atoms with E-state index in [1.54, 1.807) is 0 Å². The van der Waals surface area contributed by atoms with Gasteiger partial charge in [0, 0.05) is 13.1 Å². The van der Waals surface area contributed by atoms with Gasteiger partial charge in [0.1, 0.15) is 0 Å². The second-order valence-electron chi connectivity index (χ2n) is 6.21. The van der Waals surface area contributed by atoms with E-state index in [1.165, 1.54) is 19.3 Å². The summed E-state index contributed by atoms with van der Waals surface area (Å²) in [5.41, 5.74) is -0.370. The number of nitrogens with zero attached hydrogens (tertiary/aromatic N) is 1. The van der Waals surface area contributed by atoms with Gasteiger partial charge in [0.2, 0.25) is 5.91 Å². The van der Waals surface area contributed by atoms with Gasteiger partial charge in [-0.15, -0.1) is 0 Å². The number of aliphatic carboxylic acids is 1. The molecule has 0 spiro atoms. The third kappa shape index (κ3) is 2.38. The molecule has 2 unspecified atom stereocenters. The Kier molecular flexibility index (Phi) is 3.64. The maximum atomic E-state index is 12.4. The van der Waals surface area contributed by atoms with E-state index in [4.69, 9.17) is 5.11 Å². The van der Waals surface area contributed by atoms with Crippen LogP contribution < -0.4 is 0 Å². The molecule has 4 nitrogen and oxygen atoms in total. The van der Waals surface area contributed by atoms with E-state index in [-0.39, 0.29) is 17.2 Å². The molecule has 0 aromatic heterocycles. The van der Waals surface area contributed by atoms with Crippen LogP contribution in [-0.2, 0) is 9.59 Å². The van der Waals surface area contributed by atoms with Crippen LogP contribution in [0.2, 0.25) is 0 Å². The largest absolute Gasteiger partial charge is 0.481 e. The predicted molar refractivity (Wildman–Crippen MR) is 68.1 cm³/mol. The molecule has 1 amide bonds. The lowest BCUT2D eigenvalue weighted by atomic mass is 10.1. The monoisotopic (exact) mass is 253 g/mol. The van der Waals surface area contributed by atoms with Crippen LogP contribution in [0.25, 0.3) is 0 Å². The highest BCUT2D eigenvalue weighted by Crippen LogP contribution is 2.59. The molecule has 2 atom stereocenters. The highest BCUT2D eigenvalue weighted by Gasteiger charge is 2.66. The lowest BCUT2D eigenvalue weighted by Gasteiger charge is -2.25. The molecular formula is C14H23NO3. The quantitative estimate of drug-likeness (QED) is 0.820. The van der Waals surface area contributed by atoms with Gasteiger partial charge in [-0.1, -0.05) is 33.1 Å². The highest BCUT2D eigenvalue weighted by molar-refractivity contribution is 5.91. The first-order valence-electron chi connectivity index (χ1n) is 6.98. The summed E-state index contributed by atoms with van der Waals surface area (Å²) < 4.78 is 0. The van der Waals surface area contributed by atoms with Crippen molar-refractivity contribution < 1.29 is 14.7 Å². The van der Waals surface area contributed by atoms with Crippen molar-refractivity contribution in [1.82, 2.24) is 4.90 Å². The van der Waals surface area contributed by atoms with Crippen LogP contribution in [0.5, 0.6) is 0 Å². The molecule has 4 heteroatoms. The SMILES string of the molecule is CC1(C)C(C(=O)O)C1C(=O)N1CCCCCCC1. The Morgan fingerprint density at radius 2 is 1.50 bits per heavy atom. The summed E-state index contributed by atoms with van der Waals surface area (Å²) in [6.45, 7) is 5.38. The lowest BCUT2D eigenvalue weighted by molar-refractivity contribution is -0.142. The smallest absolute Gasteiger partial charge is 0.307 e. The molecule has 2 rings (SSSR count). The van der Waals surface area contributed by atoms with E-state index in [2.05, 4.69) is 0 Å². The molecule has 1 heterocycles. The van der Waals surface area contributed by atoms with Crippen LogP contribution in [0.4, 0.5) is 0 Å². The zero-order chi connectivity index (χ0) is 13.3. The fourth-order valence-electron chi connectivity index (χ4n) is 3.22. The van der Waals surface area contributed by atoms with Crippen LogP contribution in [0, 0.1) is 17.3 Å². The summed E-state index contributed by atoms with van der Waals surface area (Å²) in [4.78, 5) is 25.4. The van der Waals surface area contributed by atoms with E-state index in [1.807, 2.05) is 18.7 Å². The summed E-state index contributed by atoms with van der Waals surface area (Å²) >= 11 is 0. The van der Waals surface area contributed by atoms with Crippen molar-refractivity contribution in [3.63, 3.8) is 0 Å². The second-order valence-corrected chi connectivity index (χ2v) is 6.21. The van der Waals surface area contributed by atoms with Crippen molar-refractivity contribution in [1.29, 1.82) is 0 Å². The van der Waals surface area contributed by atoms with Crippen molar-refractivity contribution in [3.8, 4) is 0 Å². The first kappa shape index (κ1) is 13.4. The first-order valence-corrected chi connectivity index (χ1v) is 6.98. The first-order chi connectivity index (χ1) is 8.46. The Morgan fingerprint density at radius 1 is 1.00 bits per heavy atom. The van der Waals surface area contributed by atoms with Crippen molar-refractivity contribution in [2.45, 2.75) is 46.0 Å². The lowest BCUT2D eigenvalue weighted by Crippen LogP contribution is -2.36. The van der Waals surface area contributed by atoms with E-state index in [0.29, 0.717) is 0 Å². The number of carbonyl (C=O) groups is 2. The molecule has 1 saturated heterocycles. The summed E-state index contributed by atoms with van der Waals surface area (Å²) in [7, 11) is 0. The summed E-state index contributed by atoms with van der Waals surface area (Å²) in [6.07, 6.45) is 5.72. The minimum absolute atomic E-state index is 0.0642. The standard InChI is InChI=1S/C14H23NO3/c1-14(2)10(11(14)13(17)18)12(16)15-8-6-4-3-5-7-9-15/h10-11H,3-9H2,1-2H3,(H,17,18). The van der Waals surface area contributed by atoms with Gasteiger partial charge >= 0.3 is 5.97 Å². The Bertz CT molecular complexity index is 343. The number of rotatable bonds is 2. The molecule has 0 radical (unpaired) electrons. The summed E-state index contributed by atoms with van der Waals surface area (Å²) in [6, 6.07) is 0. The van der Waals surface area contributed by atoms with Gasteiger partial charge in [0.15, 0.2) is 0 Å². The van der Waals surface area contributed by atoms with Crippen LogP contribution in [-0.4, -0.2) is 35.0 Å². The van der Waals surface area contributed by atoms with Gasteiger partial charge < -0.3 is 10.0 Å². The summed E-state index contributed by atoms with van der Waals surface area (Å²) in [5.74, 6) is -1.57. The molecule has 1 saturated carbocycles. The molecule has 2 aliphatic rings. The molecule has 2 fully saturated rings. The third-order valence-corrected chi connectivity index (χ3v) is 4.53. The number of likely N-dealkylation sites (tertiary alicyclic amines) is 1. The van der Waals surface area contributed by atoms with Gasteiger partial charge in [-0.25, -0.2) is 0 Å². The Labute approximate surface area is 108 Å². The average molecular weight is 253 g/mol. The number of hydrogen-bond acceptors (Lipinski definition) is 2. The number of carboxylic acids is 1. The second kappa shape index (κ2) is 4.90. The van der Waals surface area contributed by atoms with Gasteiger partial charge in [-0.2, -0.15) is 0 Å². The fraction of sp³-hybridized carbons (Fsp3) is 0.857. The number of amides is 1. The molecule has 0 bridgehead atoms. The molecule has 102 valence electrons. The molecule has 1 N–H and O–H groups in total. The van der Waals surface area contributed by atoms with Crippen molar-refractivity contribution >= 4 is 11.9 Å². The molecule has 1 aliphatic carbocycles. The minimum atomic E-state index is -0.828. The molecule has 0 aromatic rings. The zero-order valence-corrected chi connectivity index (χ0v) is 11.3. The van der Waals surface area contributed by atoms with Gasteiger partial charge in [0.25, 0.3) is 0 Å².